The maximum Gasteiger partial charge on any atom is 0.254 e. The average Bonchev–Trinajstić information content (AvgIpc) is 3.28. The fourth-order valence-electron chi connectivity index (χ4n) is 4.72. The van der Waals surface area contributed by atoms with E-state index in [2.05, 4.69) is 14.9 Å². The number of piperidine rings is 1. The van der Waals surface area contributed by atoms with Crippen LogP contribution in [0.5, 0.6) is 0 Å². The predicted octanol–water partition coefficient (Wildman–Crippen LogP) is 3.53. The van der Waals surface area contributed by atoms with Crippen LogP contribution in [0.1, 0.15) is 42.1 Å². The number of carbonyl (C=O) groups is 1. The number of amides is 1. The minimum atomic E-state index is -3.63. The number of fused-ring (bicyclic) bond motifs is 1. The van der Waals surface area contributed by atoms with Gasteiger partial charge >= 0.3 is 0 Å². The van der Waals surface area contributed by atoms with Crippen molar-refractivity contribution in [3.05, 3.63) is 47.7 Å². The van der Waals surface area contributed by atoms with E-state index in [1.807, 2.05) is 30.9 Å². The quantitative estimate of drug-likeness (QED) is 0.546. The molecule has 3 aromatic rings. The van der Waals surface area contributed by atoms with Crippen LogP contribution in [0.25, 0.3) is 10.3 Å². The summed E-state index contributed by atoms with van der Waals surface area (Å²) in [5, 5.41) is 0.917. The Hall–Kier alpha value is -2.56. The molecule has 4 heterocycles. The lowest BCUT2D eigenvalue weighted by Gasteiger charge is -2.35. The second-order valence-electron chi connectivity index (χ2n) is 9.04. The van der Waals surface area contributed by atoms with Crippen molar-refractivity contribution in [1.82, 2.24) is 19.2 Å². The van der Waals surface area contributed by atoms with Gasteiger partial charge < -0.3 is 9.80 Å². The van der Waals surface area contributed by atoms with Crippen molar-refractivity contribution in [1.29, 1.82) is 0 Å². The molecule has 1 aromatic carbocycles. The van der Waals surface area contributed by atoms with E-state index in [0.717, 1.165) is 40.3 Å². The molecule has 0 radical (unpaired) electrons. The maximum atomic E-state index is 13.4. The highest BCUT2D eigenvalue weighted by Gasteiger charge is 2.32. The first kappa shape index (κ1) is 23.2. The molecule has 2 aromatic heterocycles. The number of piperazine rings is 1. The lowest BCUT2D eigenvalue weighted by molar-refractivity contribution is 0.0745. The summed E-state index contributed by atoms with van der Waals surface area (Å²) in [5.41, 5.74) is 2.14. The minimum Gasteiger partial charge on any atom is -0.344 e. The van der Waals surface area contributed by atoms with E-state index >= 15 is 0 Å². The zero-order chi connectivity index (χ0) is 23.9. The molecular formula is C24H29N5O3S2. The van der Waals surface area contributed by atoms with E-state index in [1.165, 1.54) is 0 Å². The number of aryl methyl sites for hydroxylation is 1. The molecule has 1 unspecified atom stereocenters. The monoisotopic (exact) mass is 499 g/mol. The number of hydrogen-bond acceptors (Lipinski definition) is 7. The molecule has 10 heteroatoms. The van der Waals surface area contributed by atoms with Crippen LogP contribution in [-0.4, -0.2) is 72.3 Å². The number of rotatable bonds is 4. The van der Waals surface area contributed by atoms with Crippen LogP contribution < -0.4 is 4.90 Å². The zero-order valence-corrected chi connectivity index (χ0v) is 21.1. The molecule has 5 rings (SSSR count). The van der Waals surface area contributed by atoms with Crippen LogP contribution in [-0.2, 0) is 10.0 Å². The number of benzene rings is 1. The van der Waals surface area contributed by atoms with E-state index in [1.54, 1.807) is 40.0 Å². The first-order valence-electron chi connectivity index (χ1n) is 11.7. The van der Waals surface area contributed by atoms with Gasteiger partial charge in [-0.1, -0.05) is 23.8 Å². The first-order valence-corrected chi connectivity index (χ1v) is 14.0. The topological polar surface area (TPSA) is 86.7 Å². The Kier molecular flexibility index (Phi) is 6.30. The fourth-order valence-corrected chi connectivity index (χ4v) is 7.41. The van der Waals surface area contributed by atoms with Crippen molar-refractivity contribution in [2.45, 2.75) is 44.0 Å². The standard InChI is InChI=1S/C24H29N5O3S2/c1-17-8-9-19(34(31,32)29-11-4-3-6-18(29)2)16-20(17)23(30)27-12-14-28(15-13-27)24-26-21-7-5-10-25-22(21)33-24/h5,7-10,16,18H,3-4,6,11-15H2,1-2H3. The van der Waals surface area contributed by atoms with Gasteiger partial charge in [-0.25, -0.2) is 18.4 Å². The van der Waals surface area contributed by atoms with Gasteiger partial charge in [0.05, 0.1) is 4.90 Å². The van der Waals surface area contributed by atoms with E-state index in [0.29, 0.717) is 38.3 Å². The number of nitrogens with zero attached hydrogens (tertiary/aromatic N) is 5. The van der Waals surface area contributed by atoms with Gasteiger partial charge in [0.1, 0.15) is 10.3 Å². The summed E-state index contributed by atoms with van der Waals surface area (Å²) in [6, 6.07) is 8.76. The van der Waals surface area contributed by atoms with Gasteiger partial charge in [-0.3, -0.25) is 4.79 Å². The highest BCUT2D eigenvalue weighted by atomic mass is 32.2. The maximum absolute atomic E-state index is 13.4. The van der Waals surface area contributed by atoms with Gasteiger partial charge in [-0.2, -0.15) is 4.31 Å². The number of carbonyl (C=O) groups excluding carboxylic acids is 1. The Bertz CT molecular complexity index is 1280. The predicted molar refractivity (Wildman–Crippen MR) is 134 cm³/mol. The molecule has 2 saturated heterocycles. The summed E-state index contributed by atoms with van der Waals surface area (Å²) in [6.45, 7) is 6.81. The van der Waals surface area contributed by atoms with Crippen LogP contribution in [0.4, 0.5) is 5.13 Å². The molecule has 0 aliphatic carbocycles. The number of thiazole rings is 1. The highest BCUT2D eigenvalue weighted by Crippen LogP contribution is 2.29. The molecule has 34 heavy (non-hydrogen) atoms. The Morgan fingerprint density at radius 2 is 1.88 bits per heavy atom. The van der Waals surface area contributed by atoms with Crippen molar-refractivity contribution in [3.8, 4) is 0 Å². The first-order chi connectivity index (χ1) is 16.3. The van der Waals surface area contributed by atoms with Gasteiger partial charge in [-0.15, -0.1) is 0 Å². The number of pyridine rings is 1. The highest BCUT2D eigenvalue weighted by molar-refractivity contribution is 7.89. The van der Waals surface area contributed by atoms with E-state index in [-0.39, 0.29) is 16.8 Å². The largest absolute Gasteiger partial charge is 0.344 e. The molecule has 0 saturated carbocycles. The second-order valence-corrected chi connectivity index (χ2v) is 11.9. The molecule has 2 fully saturated rings. The summed E-state index contributed by atoms with van der Waals surface area (Å²) in [7, 11) is -3.63. The molecule has 0 bridgehead atoms. The molecule has 0 N–H and O–H groups in total. The normalized spacial score (nSPS) is 20.1. The Morgan fingerprint density at radius 1 is 1.09 bits per heavy atom. The number of hydrogen-bond donors (Lipinski definition) is 0. The SMILES string of the molecule is Cc1ccc(S(=O)(=O)N2CCCCC2C)cc1C(=O)N1CCN(c2nc3cccnc3s2)CC1. The summed E-state index contributed by atoms with van der Waals surface area (Å²) in [5.74, 6) is -0.119. The molecule has 8 nitrogen and oxygen atoms in total. The summed E-state index contributed by atoms with van der Waals surface area (Å²) in [6.07, 6.45) is 4.55. The van der Waals surface area contributed by atoms with Crippen molar-refractivity contribution in [3.63, 3.8) is 0 Å². The van der Waals surface area contributed by atoms with Crippen LogP contribution in [0, 0.1) is 6.92 Å². The van der Waals surface area contributed by atoms with Gasteiger partial charge in [0.2, 0.25) is 10.0 Å². The number of sulfonamides is 1. The third-order valence-electron chi connectivity index (χ3n) is 6.78. The fraction of sp³-hybridized carbons (Fsp3) is 0.458. The molecule has 0 spiro atoms. The van der Waals surface area contributed by atoms with Crippen molar-refractivity contribution in [2.24, 2.45) is 0 Å². The van der Waals surface area contributed by atoms with Gasteiger partial charge in [0, 0.05) is 50.5 Å². The Labute approximate surface area is 204 Å². The summed E-state index contributed by atoms with van der Waals surface area (Å²) >= 11 is 1.56. The smallest absolute Gasteiger partial charge is 0.254 e. The molecule has 1 atom stereocenters. The third kappa shape index (κ3) is 4.30. The van der Waals surface area contributed by atoms with E-state index in [9.17, 15) is 13.2 Å². The zero-order valence-electron chi connectivity index (χ0n) is 19.5. The summed E-state index contributed by atoms with van der Waals surface area (Å²) < 4.78 is 28.2. The number of anilines is 1. The van der Waals surface area contributed by atoms with Gasteiger partial charge in [-0.05, 0) is 56.5 Å². The van der Waals surface area contributed by atoms with Crippen LogP contribution in [0.15, 0.2) is 41.4 Å². The van der Waals surface area contributed by atoms with Gasteiger partial charge in [0.25, 0.3) is 5.91 Å². The molecule has 1 amide bonds. The van der Waals surface area contributed by atoms with Crippen molar-refractivity contribution in [2.75, 3.05) is 37.6 Å². The lowest BCUT2D eigenvalue weighted by Crippen LogP contribution is -2.49. The van der Waals surface area contributed by atoms with Gasteiger partial charge in [0.15, 0.2) is 5.13 Å². The third-order valence-corrected chi connectivity index (χ3v) is 9.83. The summed E-state index contributed by atoms with van der Waals surface area (Å²) in [4.78, 5) is 27.5. The molecular weight excluding hydrogens is 470 g/mol. The second kappa shape index (κ2) is 9.24. The van der Waals surface area contributed by atoms with Crippen LogP contribution in [0.2, 0.25) is 0 Å². The molecule has 2 aliphatic rings. The molecule has 2 aliphatic heterocycles. The van der Waals surface area contributed by atoms with E-state index in [4.69, 9.17) is 0 Å². The Balaban J connectivity index is 1.32. The van der Waals surface area contributed by atoms with Crippen molar-refractivity contribution < 1.29 is 13.2 Å². The van der Waals surface area contributed by atoms with Crippen LogP contribution >= 0.6 is 11.3 Å². The number of aromatic nitrogens is 2. The van der Waals surface area contributed by atoms with Crippen molar-refractivity contribution >= 4 is 42.7 Å². The van der Waals surface area contributed by atoms with Crippen LogP contribution in [0.3, 0.4) is 0 Å². The molecule has 180 valence electrons. The Morgan fingerprint density at radius 3 is 2.62 bits per heavy atom. The van der Waals surface area contributed by atoms with E-state index < -0.39 is 10.0 Å². The average molecular weight is 500 g/mol. The minimum absolute atomic E-state index is 0.0232. The lowest BCUT2D eigenvalue weighted by atomic mass is 10.1.